The first-order valence-electron chi connectivity index (χ1n) is 7.67. The summed E-state index contributed by atoms with van der Waals surface area (Å²) in [6, 6.07) is 17.2. The molecule has 4 rings (SSSR count). The Morgan fingerprint density at radius 2 is 1.79 bits per heavy atom. The topological polar surface area (TPSA) is 51.1 Å². The summed E-state index contributed by atoms with van der Waals surface area (Å²) in [5.41, 5.74) is 2.85. The van der Waals surface area contributed by atoms with Crippen LogP contribution in [-0.2, 0) is 16.6 Å². The van der Waals surface area contributed by atoms with Gasteiger partial charge in [0.05, 0.1) is 0 Å². The zero-order chi connectivity index (χ0) is 16.7. The first-order valence-corrected chi connectivity index (χ1v) is 10.0. The molecule has 0 spiro atoms. The van der Waals surface area contributed by atoms with E-state index in [9.17, 15) is 8.42 Å². The first kappa shape index (κ1) is 15.2. The Morgan fingerprint density at radius 3 is 2.54 bits per heavy atom. The number of nitrogens with one attached hydrogen (secondary N) is 1. The van der Waals surface area contributed by atoms with E-state index in [0.717, 1.165) is 28.4 Å². The molecule has 0 radical (unpaired) electrons. The van der Waals surface area contributed by atoms with Crippen molar-refractivity contribution in [2.75, 3.05) is 4.72 Å². The molecular formula is C18H16N2O2S2. The number of fused-ring (bicyclic) bond motifs is 3. The van der Waals surface area contributed by atoms with Crippen molar-refractivity contribution in [3.63, 3.8) is 0 Å². The van der Waals surface area contributed by atoms with Gasteiger partial charge in [-0.3, -0.25) is 4.72 Å². The molecule has 2 aromatic heterocycles. The smallest absolute Gasteiger partial charge is 0.271 e. The van der Waals surface area contributed by atoms with E-state index in [0.29, 0.717) is 9.90 Å². The molecule has 2 aromatic carbocycles. The molecule has 0 saturated carbocycles. The van der Waals surface area contributed by atoms with Crippen LogP contribution in [0.4, 0.5) is 5.69 Å². The summed E-state index contributed by atoms with van der Waals surface area (Å²) < 4.78 is 30.1. The van der Waals surface area contributed by atoms with Crippen LogP contribution in [0.2, 0.25) is 0 Å². The molecule has 0 aliphatic carbocycles. The minimum absolute atomic E-state index is 0.318. The first-order chi connectivity index (χ1) is 11.6. The number of thiophene rings is 1. The van der Waals surface area contributed by atoms with E-state index in [1.165, 1.54) is 11.3 Å². The summed E-state index contributed by atoms with van der Waals surface area (Å²) in [6.07, 6.45) is 0. The van der Waals surface area contributed by atoms with Crippen molar-refractivity contribution < 1.29 is 8.42 Å². The Labute approximate surface area is 144 Å². The van der Waals surface area contributed by atoms with E-state index in [4.69, 9.17) is 0 Å². The van der Waals surface area contributed by atoms with E-state index < -0.39 is 10.0 Å². The third kappa shape index (κ3) is 2.39. The second-order valence-electron chi connectivity index (χ2n) is 5.53. The summed E-state index contributed by atoms with van der Waals surface area (Å²) >= 11 is 1.21. The van der Waals surface area contributed by atoms with Gasteiger partial charge in [0.2, 0.25) is 0 Å². The van der Waals surface area contributed by atoms with E-state index in [-0.39, 0.29) is 0 Å². The molecule has 4 nitrogen and oxygen atoms in total. The molecule has 0 saturated heterocycles. The largest absolute Gasteiger partial charge is 0.341 e. The van der Waals surface area contributed by atoms with Crippen molar-refractivity contribution in [1.29, 1.82) is 0 Å². The second kappa shape index (κ2) is 5.65. The molecule has 122 valence electrons. The highest BCUT2D eigenvalue weighted by Crippen LogP contribution is 2.31. The highest BCUT2D eigenvalue weighted by atomic mass is 32.2. The molecule has 0 fully saturated rings. The summed E-state index contributed by atoms with van der Waals surface area (Å²) in [6.45, 7) is 2.98. The number of anilines is 1. The summed E-state index contributed by atoms with van der Waals surface area (Å²) in [4.78, 5) is 0. The maximum atomic E-state index is 12.4. The fourth-order valence-corrected chi connectivity index (χ4v) is 5.12. The van der Waals surface area contributed by atoms with Gasteiger partial charge in [0.15, 0.2) is 0 Å². The van der Waals surface area contributed by atoms with Crippen LogP contribution in [0.5, 0.6) is 0 Å². The number of sulfonamides is 1. The minimum Gasteiger partial charge on any atom is -0.341 e. The van der Waals surface area contributed by atoms with Crippen LogP contribution >= 0.6 is 11.3 Å². The summed E-state index contributed by atoms with van der Waals surface area (Å²) in [5.74, 6) is 0. The van der Waals surface area contributed by atoms with Gasteiger partial charge in [0.25, 0.3) is 10.0 Å². The average Bonchev–Trinajstić information content (AvgIpc) is 3.21. The van der Waals surface area contributed by atoms with Gasteiger partial charge < -0.3 is 4.57 Å². The quantitative estimate of drug-likeness (QED) is 0.577. The van der Waals surface area contributed by atoms with Gasteiger partial charge in [-0.25, -0.2) is 8.42 Å². The monoisotopic (exact) mass is 356 g/mol. The Morgan fingerprint density at radius 1 is 1.00 bits per heavy atom. The lowest BCUT2D eigenvalue weighted by Crippen LogP contribution is -2.11. The Bertz CT molecular complexity index is 1130. The SMILES string of the molecule is CCn1c2ccccc2c2cc(NS(=O)(=O)c3cccs3)ccc21. The molecule has 6 heteroatoms. The molecule has 0 unspecified atom stereocenters. The van der Waals surface area contributed by atoms with Crippen molar-refractivity contribution in [3.05, 3.63) is 60.0 Å². The number of benzene rings is 2. The molecule has 24 heavy (non-hydrogen) atoms. The molecule has 0 amide bonds. The number of hydrogen-bond acceptors (Lipinski definition) is 3. The molecule has 0 aliphatic rings. The number of hydrogen-bond donors (Lipinski definition) is 1. The fourth-order valence-electron chi connectivity index (χ4n) is 3.08. The second-order valence-corrected chi connectivity index (χ2v) is 8.39. The van der Waals surface area contributed by atoms with Crippen LogP contribution in [-0.4, -0.2) is 13.0 Å². The zero-order valence-corrected chi connectivity index (χ0v) is 14.7. The minimum atomic E-state index is -3.53. The number of aromatic nitrogens is 1. The third-order valence-electron chi connectivity index (χ3n) is 4.10. The average molecular weight is 356 g/mol. The number of nitrogens with zero attached hydrogens (tertiary/aromatic N) is 1. The number of para-hydroxylation sites is 1. The van der Waals surface area contributed by atoms with Crippen molar-refractivity contribution in [1.82, 2.24) is 4.57 Å². The van der Waals surface area contributed by atoms with E-state index in [2.05, 4.69) is 28.3 Å². The van der Waals surface area contributed by atoms with E-state index in [1.54, 1.807) is 17.5 Å². The molecule has 0 atom stereocenters. The third-order valence-corrected chi connectivity index (χ3v) is 6.88. The van der Waals surface area contributed by atoms with Gasteiger partial charge in [-0.1, -0.05) is 24.3 Å². The normalized spacial score (nSPS) is 12.0. The van der Waals surface area contributed by atoms with Crippen LogP contribution in [0.25, 0.3) is 21.8 Å². The Balaban J connectivity index is 1.86. The molecular weight excluding hydrogens is 340 g/mol. The van der Waals surface area contributed by atoms with E-state index >= 15 is 0 Å². The van der Waals surface area contributed by atoms with Crippen molar-refractivity contribution >= 4 is 48.9 Å². The lowest BCUT2D eigenvalue weighted by atomic mass is 10.1. The van der Waals surface area contributed by atoms with Gasteiger partial charge in [-0.15, -0.1) is 11.3 Å². The maximum absolute atomic E-state index is 12.4. The van der Waals surface area contributed by atoms with Gasteiger partial charge in [-0.2, -0.15) is 0 Å². The molecule has 4 aromatic rings. The predicted octanol–water partition coefficient (Wildman–Crippen LogP) is 4.68. The number of aryl methyl sites for hydroxylation is 1. The van der Waals surface area contributed by atoms with Gasteiger partial charge in [-0.05, 0) is 42.6 Å². The number of rotatable bonds is 4. The summed E-state index contributed by atoms with van der Waals surface area (Å²) in [5, 5.41) is 3.94. The highest BCUT2D eigenvalue weighted by molar-refractivity contribution is 7.94. The van der Waals surface area contributed by atoms with Crippen LogP contribution in [0, 0.1) is 0 Å². The standard InChI is InChI=1S/C18H16N2O2S2/c1-2-20-16-7-4-3-6-14(16)15-12-13(9-10-17(15)20)19-24(21,22)18-8-5-11-23-18/h3-12,19H,2H2,1H3. The van der Waals surface area contributed by atoms with Crippen LogP contribution in [0.1, 0.15) is 6.92 Å². The molecule has 1 N–H and O–H groups in total. The molecule has 0 aliphatic heterocycles. The van der Waals surface area contributed by atoms with E-state index in [1.807, 2.05) is 30.3 Å². The Hall–Kier alpha value is -2.31. The lowest BCUT2D eigenvalue weighted by Gasteiger charge is -2.07. The van der Waals surface area contributed by atoms with Crippen molar-refractivity contribution in [3.8, 4) is 0 Å². The highest BCUT2D eigenvalue weighted by Gasteiger charge is 2.16. The zero-order valence-electron chi connectivity index (χ0n) is 13.1. The van der Waals surface area contributed by atoms with Gasteiger partial charge >= 0.3 is 0 Å². The molecule has 2 heterocycles. The van der Waals surface area contributed by atoms with Crippen LogP contribution in [0.3, 0.4) is 0 Å². The fraction of sp³-hybridized carbons (Fsp3) is 0.111. The van der Waals surface area contributed by atoms with Gasteiger partial charge in [0, 0.05) is 34.0 Å². The Kier molecular flexibility index (Phi) is 3.58. The lowest BCUT2D eigenvalue weighted by molar-refractivity contribution is 0.603. The predicted molar refractivity (Wildman–Crippen MR) is 100 cm³/mol. The van der Waals surface area contributed by atoms with Crippen LogP contribution < -0.4 is 4.72 Å². The van der Waals surface area contributed by atoms with Crippen molar-refractivity contribution in [2.45, 2.75) is 17.7 Å². The summed E-state index contributed by atoms with van der Waals surface area (Å²) in [7, 11) is -3.53. The van der Waals surface area contributed by atoms with Crippen LogP contribution in [0.15, 0.2) is 64.2 Å². The van der Waals surface area contributed by atoms with Crippen molar-refractivity contribution in [2.24, 2.45) is 0 Å². The maximum Gasteiger partial charge on any atom is 0.271 e. The molecule has 0 bridgehead atoms. The van der Waals surface area contributed by atoms with Gasteiger partial charge in [0.1, 0.15) is 4.21 Å².